The summed E-state index contributed by atoms with van der Waals surface area (Å²) in [7, 11) is 0. The second-order valence-electron chi connectivity index (χ2n) is 7.43. The molecule has 1 aromatic carbocycles. The molecule has 26 heavy (non-hydrogen) atoms. The van der Waals surface area contributed by atoms with Crippen LogP contribution in [0.4, 0.5) is 0 Å². The van der Waals surface area contributed by atoms with E-state index in [1.165, 1.54) is 0 Å². The number of fused-ring (bicyclic) bond motifs is 2. The summed E-state index contributed by atoms with van der Waals surface area (Å²) >= 11 is 5.83. The molecule has 3 heterocycles. The van der Waals surface area contributed by atoms with Crippen LogP contribution < -0.4 is 5.56 Å². The largest absolute Gasteiger partial charge is 0.296 e. The number of aryl methyl sites for hydroxylation is 1. The zero-order valence-electron chi connectivity index (χ0n) is 14.7. The average Bonchev–Trinajstić information content (AvgIpc) is 2.62. The Morgan fingerprint density at radius 2 is 2.04 bits per heavy atom. The third kappa shape index (κ3) is 3.23. The van der Waals surface area contributed by atoms with Crippen LogP contribution in [-0.2, 0) is 13.0 Å². The van der Waals surface area contributed by atoms with E-state index < -0.39 is 0 Å². The molecule has 0 spiro atoms. The summed E-state index contributed by atoms with van der Waals surface area (Å²) in [6, 6.07) is 9.09. The van der Waals surface area contributed by atoms with Crippen molar-refractivity contribution in [3.63, 3.8) is 0 Å². The Bertz CT molecular complexity index is 1120. The number of benzene rings is 1. The second-order valence-corrected chi connectivity index (χ2v) is 7.86. The van der Waals surface area contributed by atoms with Crippen molar-refractivity contribution in [3.05, 3.63) is 69.0 Å². The van der Waals surface area contributed by atoms with Crippen LogP contribution in [0, 0.1) is 17.3 Å². The van der Waals surface area contributed by atoms with Gasteiger partial charge in [-0.05, 0) is 48.1 Å². The van der Waals surface area contributed by atoms with Gasteiger partial charge < -0.3 is 0 Å². The maximum absolute atomic E-state index is 12.8. The molecule has 2 aromatic heterocycles. The van der Waals surface area contributed by atoms with Crippen molar-refractivity contribution >= 4 is 22.5 Å². The van der Waals surface area contributed by atoms with E-state index in [0.717, 1.165) is 24.2 Å². The minimum absolute atomic E-state index is 0.0386. The molecule has 1 aliphatic rings. The topological polar surface area (TPSA) is 47.8 Å². The van der Waals surface area contributed by atoms with Crippen molar-refractivity contribution in [1.82, 2.24) is 14.5 Å². The van der Waals surface area contributed by atoms with Gasteiger partial charge in [-0.25, -0.2) is 9.97 Å². The van der Waals surface area contributed by atoms with Crippen LogP contribution in [0.15, 0.2) is 41.3 Å². The average molecular weight is 364 g/mol. The Labute approximate surface area is 156 Å². The quantitative estimate of drug-likeness (QED) is 0.570. The summed E-state index contributed by atoms with van der Waals surface area (Å²) in [6.45, 7) is 5.10. The van der Waals surface area contributed by atoms with Gasteiger partial charge >= 0.3 is 0 Å². The van der Waals surface area contributed by atoms with Crippen molar-refractivity contribution in [2.45, 2.75) is 33.2 Å². The zero-order chi connectivity index (χ0) is 18.3. The molecule has 0 N–H and O–H groups in total. The highest BCUT2D eigenvalue weighted by molar-refractivity contribution is 6.30. The van der Waals surface area contributed by atoms with Gasteiger partial charge in [-0.3, -0.25) is 9.36 Å². The van der Waals surface area contributed by atoms with Gasteiger partial charge in [0.2, 0.25) is 0 Å². The van der Waals surface area contributed by atoms with Gasteiger partial charge in [0, 0.05) is 24.7 Å². The van der Waals surface area contributed by atoms with E-state index in [4.69, 9.17) is 16.6 Å². The molecule has 1 aliphatic heterocycles. The number of aromatic nitrogens is 3. The number of rotatable bonds is 0. The van der Waals surface area contributed by atoms with E-state index in [-0.39, 0.29) is 11.0 Å². The first kappa shape index (κ1) is 16.8. The summed E-state index contributed by atoms with van der Waals surface area (Å²) < 4.78 is 1.83. The lowest BCUT2D eigenvalue weighted by molar-refractivity contribution is 0.240. The molecule has 0 aliphatic carbocycles. The van der Waals surface area contributed by atoms with Crippen LogP contribution in [0.25, 0.3) is 10.9 Å². The zero-order valence-corrected chi connectivity index (χ0v) is 15.5. The van der Waals surface area contributed by atoms with Gasteiger partial charge in [-0.15, -0.1) is 0 Å². The molecule has 0 amide bonds. The fraction of sp³-hybridized carbons (Fsp3) is 0.286. The van der Waals surface area contributed by atoms with Crippen LogP contribution in [0.1, 0.15) is 37.4 Å². The van der Waals surface area contributed by atoms with Crippen LogP contribution in [0.3, 0.4) is 0 Å². The summed E-state index contributed by atoms with van der Waals surface area (Å²) in [5.41, 5.74) is 2.33. The number of pyridine rings is 1. The maximum atomic E-state index is 12.8. The Hall–Kier alpha value is -2.64. The van der Waals surface area contributed by atoms with Crippen LogP contribution >= 0.6 is 11.6 Å². The maximum Gasteiger partial charge on any atom is 0.261 e. The summed E-state index contributed by atoms with van der Waals surface area (Å²) in [5, 5.41) is 1.22. The number of hydrogen-bond acceptors (Lipinski definition) is 3. The minimum Gasteiger partial charge on any atom is -0.296 e. The highest BCUT2D eigenvalue weighted by Crippen LogP contribution is 2.29. The Balaban J connectivity index is 1.75. The first-order valence-corrected chi connectivity index (χ1v) is 8.96. The molecular weight excluding hydrogens is 346 g/mol. The Morgan fingerprint density at radius 3 is 2.81 bits per heavy atom. The normalized spacial score (nSPS) is 15.2. The summed E-state index contributed by atoms with van der Waals surface area (Å²) in [6.07, 6.45) is 3.43. The minimum atomic E-state index is 0.0386. The molecule has 4 rings (SSSR count). The molecule has 0 fully saturated rings. The molecule has 3 aromatic rings. The highest BCUT2D eigenvalue weighted by atomic mass is 35.5. The van der Waals surface area contributed by atoms with Gasteiger partial charge in [0.15, 0.2) is 0 Å². The fourth-order valence-corrected chi connectivity index (χ4v) is 3.35. The van der Waals surface area contributed by atoms with Gasteiger partial charge in [-0.2, -0.15) is 0 Å². The molecule has 0 bridgehead atoms. The molecular formula is C21H18ClN3O. The Kier molecular flexibility index (Phi) is 4.05. The number of nitrogens with zero attached hydrogens (tertiary/aromatic N) is 3. The van der Waals surface area contributed by atoms with E-state index in [9.17, 15) is 4.79 Å². The Morgan fingerprint density at radius 1 is 1.19 bits per heavy atom. The predicted octanol–water partition coefficient (Wildman–Crippen LogP) is 3.82. The SMILES string of the molecule is CC1(C)CCc2nc3cc(C#Cc4ccc(Cl)cn4)ccc3c(=O)n2C1. The van der Waals surface area contributed by atoms with Gasteiger partial charge in [0.05, 0.1) is 15.9 Å². The molecule has 130 valence electrons. The number of hydrogen-bond donors (Lipinski definition) is 0. The van der Waals surface area contributed by atoms with Crippen molar-refractivity contribution in [3.8, 4) is 11.8 Å². The second kappa shape index (κ2) is 6.26. The molecule has 4 nitrogen and oxygen atoms in total. The lowest BCUT2D eigenvalue weighted by atomic mass is 9.85. The van der Waals surface area contributed by atoms with Gasteiger partial charge in [0.25, 0.3) is 5.56 Å². The van der Waals surface area contributed by atoms with E-state index in [1.54, 1.807) is 18.3 Å². The molecule has 0 atom stereocenters. The molecule has 0 unspecified atom stereocenters. The molecule has 0 saturated carbocycles. The fourth-order valence-electron chi connectivity index (χ4n) is 3.24. The lowest BCUT2D eigenvalue weighted by Gasteiger charge is -2.31. The first-order chi connectivity index (χ1) is 12.4. The standard InChI is InChI=1S/C21H18ClN3O/c1-21(2)10-9-19-24-18-11-14(3-6-16-7-5-15(22)12-23-16)4-8-17(18)20(26)25(19)13-21/h4-5,7-8,11-12H,9-10,13H2,1-2H3. The smallest absolute Gasteiger partial charge is 0.261 e. The number of halogens is 1. The van der Waals surface area contributed by atoms with Crippen molar-refractivity contribution in [2.75, 3.05) is 0 Å². The van der Waals surface area contributed by atoms with Crippen LogP contribution in [0.5, 0.6) is 0 Å². The van der Waals surface area contributed by atoms with Gasteiger partial charge in [0.1, 0.15) is 11.5 Å². The van der Waals surface area contributed by atoms with Crippen molar-refractivity contribution in [1.29, 1.82) is 0 Å². The third-order valence-electron chi connectivity index (χ3n) is 4.71. The van der Waals surface area contributed by atoms with E-state index in [2.05, 4.69) is 30.7 Å². The highest BCUT2D eigenvalue weighted by Gasteiger charge is 2.27. The monoisotopic (exact) mass is 363 g/mol. The third-order valence-corrected chi connectivity index (χ3v) is 4.93. The van der Waals surface area contributed by atoms with E-state index in [0.29, 0.717) is 28.2 Å². The molecule has 5 heteroatoms. The summed E-state index contributed by atoms with van der Waals surface area (Å²) in [5.74, 6) is 6.96. The van der Waals surface area contributed by atoms with Crippen LogP contribution in [-0.4, -0.2) is 14.5 Å². The van der Waals surface area contributed by atoms with E-state index in [1.807, 2.05) is 22.8 Å². The van der Waals surface area contributed by atoms with Crippen molar-refractivity contribution < 1.29 is 0 Å². The van der Waals surface area contributed by atoms with Crippen LogP contribution in [0.2, 0.25) is 5.02 Å². The van der Waals surface area contributed by atoms with Gasteiger partial charge in [-0.1, -0.05) is 31.4 Å². The lowest BCUT2D eigenvalue weighted by Crippen LogP contribution is -2.36. The predicted molar refractivity (Wildman–Crippen MR) is 103 cm³/mol. The van der Waals surface area contributed by atoms with E-state index >= 15 is 0 Å². The summed E-state index contributed by atoms with van der Waals surface area (Å²) in [4.78, 5) is 21.7. The molecule has 0 radical (unpaired) electrons. The molecule has 0 saturated heterocycles. The van der Waals surface area contributed by atoms with Crippen molar-refractivity contribution in [2.24, 2.45) is 5.41 Å². The first-order valence-electron chi connectivity index (χ1n) is 8.58.